The van der Waals surface area contributed by atoms with E-state index in [2.05, 4.69) is 0 Å². The molecule has 0 aliphatic heterocycles. The lowest BCUT2D eigenvalue weighted by atomic mass is 10.1. The second kappa shape index (κ2) is 6.71. The van der Waals surface area contributed by atoms with Gasteiger partial charge in [0.05, 0.1) is 16.7 Å². The van der Waals surface area contributed by atoms with Gasteiger partial charge in [-0.2, -0.15) is 26.3 Å². The topological polar surface area (TPSA) is 40.5 Å². The molecular formula is C16H10ClF6NO2. The molecule has 140 valence electrons. The number of rotatable bonds is 2. The van der Waals surface area contributed by atoms with Crippen molar-refractivity contribution in [2.24, 2.45) is 0 Å². The number of benzene rings is 2. The minimum atomic E-state index is -5.04. The summed E-state index contributed by atoms with van der Waals surface area (Å²) in [5.74, 6) is -1.55. The number of nitrogens with zero attached hydrogens (tertiary/aromatic N) is 1. The summed E-state index contributed by atoms with van der Waals surface area (Å²) >= 11 is 5.70. The molecule has 1 amide bonds. The highest BCUT2D eigenvalue weighted by atomic mass is 35.5. The zero-order valence-corrected chi connectivity index (χ0v) is 13.7. The highest BCUT2D eigenvalue weighted by Crippen LogP contribution is 2.38. The van der Waals surface area contributed by atoms with Gasteiger partial charge in [-0.25, -0.2) is 0 Å². The lowest BCUT2D eigenvalue weighted by molar-refractivity contribution is -0.143. The van der Waals surface area contributed by atoms with Crippen molar-refractivity contribution in [1.29, 1.82) is 0 Å². The van der Waals surface area contributed by atoms with Gasteiger partial charge in [0.25, 0.3) is 5.91 Å². The minimum Gasteiger partial charge on any atom is -0.507 e. The Kier molecular flexibility index (Phi) is 5.14. The molecule has 0 saturated heterocycles. The number of hydrogen-bond acceptors (Lipinski definition) is 2. The Hall–Kier alpha value is -2.42. The Morgan fingerprint density at radius 2 is 1.46 bits per heavy atom. The van der Waals surface area contributed by atoms with Gasteiger partial charge in [0.1, 0.15) is 5.75 Å². The Morgan fingerprint density at radius 1 is 0.962 bits per heavy atom. The molecule has 2 aromatic carbocycles. The van der Waals surface area contributed by atoms with Gasteiger partial charge in [0.2, 0.25) is 0 Å². The first kappa shape index (κ1) is 19.9. The van der Waals surface area contributed by atoms with E-state index in [1.165, 1.54) is 6.07 Å². The number of carbonyl (C=O) groups is 1. The third kappa shape index (κ3) is 4.21. The van der Waals surface area contributed by atoms with Gasteiger partial charge >= 0.3 is 12.4 Å². The summed E-state index contributed by atoms with van der Waals surface area (Å²) in [6, 6.07) is 4.17. The first-order chi connectivity index (χ1) is 11.8. The minimum absolute atomic E-state index is 0.0430. The number of phenols is 1. The molecule has 0 heterocycles. The smallest absolute Gasteiger partial charge is 0.416 e. The number of amides is 1. The van der Waals surface area contributed by atoms with Crippen LogP contribution in [0.5, 0.6) is 5.75 Å². The summed E-state index contributed by atoms with van der Waals surface area (Å²) < 4.78 is 77.5. The molecule has 0 fully saturated rings. The zero-order valence-electron chi connectivity index (χ0n) is 12.9. The molecule has 2 aromatic rings. The SMILES string of the molecule is CN(C(=O)c1cc(Cl)ccc1O)c1cc(C(F)(F)F)cc(C(F)(F)F)c1. The van der Waals surface area contributed by atoms with E-state index in [1.54, 1.807) is 0 Å². The molecule has 1 N–H and O–H groups in total. The highest BCUT2D eigenvalue weighted by Gasteiger charge is 2.37. The van der Waals surface area contributed by atoms with Crippen molar-refractivity contribution in [3.05, 3.63) is 58.1 Å². The van der Waals surface area contributed by atoms with Gasteiger partial charge in [-0.05, 0) is 36.4 Å². The van der Waals surface area contributed by atoms with Crippen LogP contribution in [0.2, 0.25) is 5.02 Å². The fourth-order valence-corrected chi connectivity index (χ4v) is 2.28. The van der Waals surface area contributed by atoms with Crippen molar-refractivity contribution in [2.45, 2.75) is 12.4 Å². The molecule has 0 bridgehead atoms. The quantitative estimate of drug-likeness (QED) is 0.693. The van der Waals surface area contributed by atoms with Crippen molar-refractivity contribution >= 4 is 23.2 Å². The monoisotopic (exact) mass is 397 g/mol. The van der Waals surface area contributed by atoms with Crippen LogP contribution in [0.3, 0.4) is 0 Å². The maximum atomic E-state index is 12.9. The van der Waals surface area contributed by atoms with Crippen LogP contribution in [0.15, 0.2) is 36.4 Å². The number of aromatic hydroxyl groups is 1. The van der Waals surface area contributed by atoms with Crippen LogP contribution in [-0.2, 0) is 12.4 Å². The van der Waals surface area contributed by atoms with Crippen molar-refractivity contribution in [2.75, 3.05) is 11.9 Å². The van der Waals surface area contributed by atoms with E-state index >= 15 is 0 Å². The van der Waals surface area contributed by atoms with Gasteiger partial charge in [-0.3, -0.25) is 4.79 Å². The molecule has 0 radical (unpaired) electrons. The fraction of sp³-hybridized carbons (Fsp3) is 0.188. The molecular weight excluding hydrogens is 388 g/mol. The fourth-order valence-electron chi connectivity index (χ4n) is 2.11. The standard InChI is InChI=1S/C16H10ClF6NO2/c1-24(14(26)12-7-10(17)2-3-13(12)25)11-5-8(15(18,19)20)4-9(6-11)16(21,22)23/h2-7,25H,1H3. The molecule has 0 aromatic heterocycles. The number of alkyl halides is 6. The van der Waals surface area contributed by atoms with Crippen LogP contribution in [0.25, 0.3) is 0 Å². The summed E-state index contributed by atoms with van der Waals surface area (Å²) in [6.45, 7) is 0. The van der Waals surface area contributed by atoms with Gasteiger partial charge in [0.15, 0.2) is 0 Å². The maximum Gasteiger partial charge on any atom is 0.416 e. The third-order valence-corrected chi connectivity index (χ3v) is 3.69. The van der Waals surface area contributed by atoms with Crippen LogP contribution in [0, 0.1) is 0 Å². The van der Waals surface area contributed by atoms with E-state index in [0.29, 0.717) is 17.0 Å². The lowest BCUT2D eigenvalue weighted by Gasteiger charge is -2.21. The Balaban J connectivity index is 2.55. The molecule has 26 heavy (non-hydrogen) atoms. The van der Waals surface area contributed by atoms with Gasteiger partial charge in [-0.1, -0.05) is 11.6 Å². The molecule has 0 atom stereocenters. The van der Waals surface area contributed by atoms with Gasteiger partial charge in [0, 0.05) is 17.8 Å². The summed E-state index contributed by atoms with van der Waals surface area (Å²) in [6.07, 6.45) is -10.1. The Bertz CT molecular complexity index is 815. The van der Waals surface area contributed by atoms with E-state index in [-0.39, 0.29) is 16.7 Å². The molecule has 0 spiro atoms. The van der Waals surface area contributed by atoms with Crippen LogP contribution in [0.1, 0.15) is 21.5 Å². The molecule has 0 unspecified atom stereocenters. The summed E-state index contributed by atoms with van der Waals surface area (Å²) in [7, 11) is 0.984. The zero-order chi connectivity index (χ0) is 19.9. The van der Waals surface area contributed by atoms with Crippen molar-refractivity contribution in [1.82, 2.24) is 0 Å². The van der Waals surface area contributed by atoms with Crippen LogP contribution >= 0.6 is 11.6 Å². The first-order valence-corrected chi connectivity index (χ1v) is 7.24. The lowest BCUT2D eigenvalue weighted by Crippen LogP contribution is -2.27. The van der Waals surface area contributed by atoms with Crippen LogP contribution in [0.4, 0.5) is 32.0 Å². The second-order valence-corrected chi connectivity index (χ2v) is 5.73. The van der Waals surface area contributed by atoms with Crippen molar-refractivity contribution in [3.63, 3.8) is 0 Å². The molecule has 10 heteroatoms. The van der Waals surface area contributed by atoms with E-state index in [0.717, 1.165) is 19.2 Å². The number of phenolic OH excluding ortho intramolecular Hbond substituents is 1. The predicted molar refractivity (Wildman–Crippen MR) is 82.3 cm³/mol. The van der Waals surface area contributed by atoms with Crippen molar-refractivity contribution in [3.8, 4) is 5.75 Å². The number of anilines is 1. The normalized spacial score (nSPS) is 12.2. The predicted octanol–water partition coefficient (Wildman–Crippen LogP) is 5.36. The van der Waals surface area contributed by atoms with Crippen LogP contribution < -0.4 is 4.90 Å². The number of halogens is 7. The van der Waals surface area contributed by atoms with Gasteiger partial charge in [-0.15, -0.1) is 0 Å². The van der Waals surface area contributed by atoms with E-state index < -0.39 is 40.8 Å². The molecule has 0 aliphatic carbocycles. The average molecular weight is 398 g/mol. The first-order valence-electron chi connectivity index (χ1n) is 6.87. The molecule has 0 saturated carbocycles. The number of hydrogen-bond donors (Lipinski definition) is 1. The summed E-state index contributed by atoms with van der Waals surface area (Å²) in [5, 5.41) is 9.76. The largest absolute Gasteiger partial charge is 0.507 e. The van der Waals surface area contributed by atoms with E-state index in [1.807, 2.05) is 0 Å². The third-order valence-electron chi connectivity index (χ3n) is 3.45. The van der Waals surface area contributed by atoms with Crippen LogP contribution in [-0.4, -0.2) is 18.1 Å². The maximum absolute atomic E-state index is 12.9. The van der Waals surface area contributed by atoms with E-state index in [4.69, 9.17) is 11.6 Å². The second-order valence-electron chi connectivity index (χ2n) is 5.29. The number of carbonyl (C=O) groups excluding carboxylic acids is 1. The molecule has 3 nitrogen and oxygen atoms in total. The highest BCUT2D eigenvalue weighted by molar-refractivity contribution is 6.31. The van der Waals surface area contributed by atoms with Crippen molar-refractivity contribution < 1.29 is 36.2 Å². The summed E-state index contributed by atoms with van der Waals surface area (Å²) in [5.41, 5.74) is -4.13. The Labute approximate surface area is 148 Å². The van der Waals surface area contributed by atoms with Gasteiger partial charge < -0.3 is 10.0 Å². The molecule has 2 rings (SSSR count). The Morgan fingerprint density at radius 3 is 1.92 bits per heavy atom. The summed E-state index contributed by atoms with van der Waals surface area (Å²) in [4.78, 5) is 13.0. The molecule has 0 aliphatic rings. The average Bonchev–Trinajstić information content (AvgIpc) is 2.53. The van der Waals surface area contributed by atoms with E-state index in [9.17, 15) is 36.2 Å².